The highest BCUT2D eigenvalue weighted by Gasteiger charge is 2.36. The van der Waals surface area contributed by atoms with Crippen molar-refractivity contribution in [2.75, 3.05) is 0 Å². The second kappa shape index (κ2) is 10.4. The van der Waals surface area contributed by atoms with Crippen LogP contribution in [-0.4, -0.2) is 14.5 Å². The van der Waals surface area contributed by atoms with Gasteiger partial charge in [0.15, 0.2) is 11.6 Å². The zero-order chi connectivity index (χ0) is 32.7. The first-order valence-electron chi connectivity index (χ1n) is 16.8. The zero-order valence-corrected chi connectivity index (χ0v) is 27.2. The van der Waals surface area contributed by atoms with Crippen LogP contribution in [0.2, 0.25) is 0 Å². The molecule has 2 aromatic heterocycles. The van der Waals surface area contributed by atoms with E-state index in [4.69, 9.17) is 14.7 Å². The highest BCUT2D eigenvalue weighted by Crippen LogP contribution is 2.52. The summed E-state index contributed by atoms with van der Waals surface area (Å²) < 4.78 is 9.19. The highest BCUT2D eigenvalue weighted by atomic mass is 16.5. The summed E-state index contributed by atoms with van der Waals surface area (Å²) in [6.07, 6.45) is 0. The van der Waals surface area contributed by atoms with Crippen LogP contribution in [0.4, 0.5) is 0 Å². The van der Waals surface area contributed by atoms with E-state index in [9.17, 15) is 0 Å². The van der Waals surface area contributed by atoms with Crippen LogP contribution in [0.15, 0.2) is 152 Å². The van der Waals surface area contributed by atoms with E-state index < -0.39 is 0 Å². The van der Waals surface area contributed by atoms with E-state index in [-0.39, 0.29) is 5.41 Å². The maximum absolute atomic E-state index is 6.84. The van der Waals surface area contributed by atoms with Gasteiger partial charge in [-0.2, -0.15) is 0 Å². The van der Waals surface area contributed by atoms with Crippen LogP contribution in [0.3, 0.4) is 0 Å². The number of rotatable bonds is 3. The number of benzene rings is 7. The van der Waals surface area contributed by atoms with Gasteiger partial charge in [0.25, 0.3) is 0 Å². The van der Waals surface area contributed by atoms with Crippen LogP contribution >= 0.6 is 0 Å². The van der Waals surface area contributed by atoms with Gasteiger partial charge >= 0.3 is 0 Å². The zero-order valence-electron chi connectivity index (χ0n) is 27.2. The molecule has 1 aliphatic rings. The molecule has 4 heteroatoms. The van der Waals surface area contributed by atoms with Crippen molar-refractivity contribution in [3.05, 3.63) is 163 Å². The van der Waals surface area contributed by atoms with Crippen LogP contribution in [0.1, 0.15) is 25.0 Å². The minimum Gasteiger partial charge on any atom is -0.454 e. The molecule has 4 nitrogen and oxygen atoms in total. The normalized spacial score (nSPS) is 13.4. The molecule has 0 radical (unpaired) electrons. The number of para-hydroxylation sites is 2. The Kier molecular flexibility index (Phi) is 5.89. The van der Waals surface area contributed by atoms with Crippen molar-refractivity contribution in [1.82, 2.24) is 14.5 Å². The van der Waals surface area contributed by atoms with Gasteiger partial charge in [0.05, 0.1) is 22.2 Å². The van der Waals surface area contributed by atoms with Crippen molar-refractivity contribution in [2.45, 2.75) is 19.3 Å². The van der Waals surface area contributed by atoms with Gasteiger partial charge in [-0.1, -0.05) is 135 Å². The van der Waals surface area contributed by atoms with Gasteiger partial charge in [0.1, 0.15) is 5.75 Å². The van der Waals surface area contributed by atoms with Crippen LogP contribution < -0.4 is 4.74 Å². The van der Waals surface area contributed by atoms with Gasteiger partial charge in [-0.3, -0.25) is 0 Å². The molecule has 9 aromatic rings. The van der Waals surface area contributed by atoms with Crippen LogP contribution in [0.25, 0.3) is 71.8 Å². The quantitative estimate of drug-likeness (QED) is 0.183. The van der Waals surface area contributed by atoms with Crippen molar-refractivity contribution in [3.63, 3.8) is 0 Å². The van der Waals surface area contributed by atoms with Gasteiger partial charge in [0, 0.05) is 54.9 Å². The third-order valence-electron chi connectivity index (χ3n) is 10.2. The molecule has 0 amide bonds. The van der Waals surface area contributed by atoms with Gasteiger partial charge < -0.3 is 9.30 Å². The molecular weight excluding hydrogens is 599 g/mol. The average Bonchev–Trinajstić information content (AvgIpc) is 3.50. The lowest BCUT2D eigenvalue weighted by atomic mass is 9.75. The van der Waals surface area contributed by atoms with Gasteiger partial charge in [-0.05, 0) is 35.7 Å². The Hall–Kier alpha value is -6.26. The van der Waals surface area contributed by atoms with Crippen LogP contribution in [-0.2, 0) is 5.41 Å². The lowest BCUT2D eigenvalue weighted by Gasteiger charge is -2.35. The van der Waals surface area contributed by atoms with E-state index in [1.54, 1.807) is 0 Å². The van der Waals surface area contributed by atoms with Crippen molar-refractivity contribution >= 4 is 43.5 Å². The molecule has 0 aliphatic carbocycles. The summed E-state index contributed by atoms with van der Waals surface area (Å²) in [5.74, 6) is 2.50. The number of ether oxygens (including phenoxy) is 1. The first-order chi connectivity index (χ1) is 24.1. The van der Waals surface area contributed by atoms with E-state index in [1.807, 2.05) is 6.07 Å². The molecule has 0 spiro atoms. The second-order valence-electron chi connectivity index (χ2n) is 13.4. The fourth-order valence-electron chi connectivity index (χ4n) is 7.81. The average molecular weight is 630 g/mol. The van der Waals surface area contributed by atoms with Crippen LogP contribution in [0, 0.1) is 0 Å². The molecule has 232 valence electrons. The summed E-state index contributed by atoms with van der Waals surface area (Å²) in [6, 6.07) is 53.3. The summed E-state index contributed by atoms with van der Waals surface area (Å²) >= 11 is 0. The molecule has 0 saturated carbocycles. The first kappa shape index (κ1) is 27.8. The number of nitrogens with zero attached hydrogens (tertiary/aromatic N) is 3. The Morgan fingerprint density at radius 2 is 1.29 bits per heavy atom. The van der Waals surface area contributed by atoms with Crippen molar-refractivity contribution in [1.29, 1.82) is 0 Å². The van der Waals surface area contributed by atoms with Gasteiger partial charge in [-0.15, -0.1) is 0 Å². The lowest BCUT2D eigenvalue weighted by molar-refractivity contribution is 0.421. The molecular formula is C45H31N3O. The van der Waals surface area contributed by atoms with E-state index in [1.165, 1.54) is 16.5 Å². The summed E-state index contributed by atoms with van der Waals surface area (Å²) in [6.45, 7) is 4.58. The first-order valence-corrected chi connectivity index (χ1v) is 16.8. The van der Waals surface area contributed by atoms with E-state index in [2.05, 4.69) is 164 Å². The summed E-state index contributed by atoms with van der Waals surface area (Å²) in [5.41, 5.74) is 9.26. The Morgan fingerprint density at radius 1 is 0.551 bits per heavy atom. The Labute approximate surface area is 283 Å². The van der Waals surface area contributed by atoms with E-state index in [0.29, 0.717) is 5.82 Å². The maximum atomic E-state index is 6.84. The van der Waals surface area contributed by atoms with E-state index in [0.717, 1.165) is 72.1 Å². The molecule has 7 aromatic carbocycles. The second-order valence-corrected chi connectivity index (χ2v) is 13.4. The topological polar surface area (TPSA) is 39.9 Å². The van der Waals surface area contributed by atoms with Crippen molar-refractivity contribution in [3.8, 4) is 39.8 Å². The molecule has 0 fully saturated rings. The molecule has 0 N–H and O–H groups in total. The largest absolute Gasteiger partial charge is 0.454 e. The summed E-state index contributed by atoms with van der Waals surface area (Å²) in [7, 11) is 0. The Balaban J connectivity index is 1.24. The molecule has 0 saturated heterocycles. The molecule has 3 heterocycles. The summed E-state index contributed by atoms with van der Waals surface area (Å²) in [5, 5.41) is 5.66. The SMILES string of the molecule is CC1(C)c2ccccc2Oc2c1ccc1c3ccccc3n(-c3cccc(-c4nc(-c5ccccc5)c5ccc6ccccc6c5n4)c3)c21. The number of aromatic nitrogens is 3. The molecule has 10 rings (SSSR count). The molecule has 49 heavy (non-hydrogen) atoms. The monoisotopic (exact) mass is 629 g/mol. The van der Waals surface area contributed by atoms with Gasteiger partial charge in [-0.25, -0.2) is 9.97 Å². The minimum absolute atomic E-state index is 0.225. The standard InChI is InChI=1S/C45H31N3O/c1-45(2)36-20-9-11-22-39(36)49-43-37(45)26-25-34-33-19-8-10-21-38(33)48(42(34)43)31-17-12-16-30(27-31)44-46-40(29-14-4-3-5-15-29)35-24-23-28-13-6-7-18-32(28)41(35)47-44/h3-27H,1-2H3. The highest BCUT2D eigenvalue weighted by molar-refractivity contribution is 6.12. The number of fused-ring (bicyclic) bond motifs is 9. The minimum atomic E-state index is -0.225. The third kappa shape index (κ3) is 4.10. The predicted molar refractivity (Wildman–Crippen MR) is 201 cm³/mol. The fraction of sp³-hybridized carbons (Fsp3) is 0.0667. The Morgan fingerprint density at radius 3 is 2.18 bits per heavy atom. The Bertz CT molecular complexity index is 2780. The van der Waals surface area contributed by atoms with Crippen molar-refractivity contribution < 1.29 is 4.74 Å². The predicted octanol–water partition coefficient (Wildman–Crippen LogP) is 11.6. The fourth-order valence-corrected chi connectivity index (χ4v) is 7.81. The smallest absolute Gasteiger partial charge is 0.160 e. The van der Waals surface area contributed by atoms with Crippen molar-refractivity contribution in [2.24, 2.45) is 0 Å². The molecule has 1 aliphatic heterocycles. The number of hydrogen-bond donors (Lipinski definition) is 0. The maximum Gasteiger partial charge on any atom is 0.160 e. The van der Waals surface area contributed by atoms with Gasteiger partial charge in [0.2, 0.25) is 0 Å². The summed E-state index contributed by atoms with van der Waals surface area (Å²) in [4.78, 5) is 10.5. The molecule has 0 unspecified atom stereocenters. The molecule has 0 bridgehead atoms. The number of hydrogen-bond acceptors (Lipinski definition) is 3. The van der Waals surface area contributed by atoms with E-state index >= 15 is 0 Å². The van der Waals surface area contributed by atoms with Crippen LogP contribution in [0.5, 0.6) is 11.5 Å². The lowest BCUT2D eigenvalue weighted by Crippen LogP contribution is -2.24. The third-order valence-corrected chi connectivity index (χ3v) is 10.2. The molecule has 0 atom stereocenters.